The summed E-state index contributed by atoms with van der Waals surface area (Å²) in [4.78, 5) is 12.1. The molecule has 0 fully saturated rings. The van der Waals surface area contributed by atoms with Crippen LogP contribution in [0.3, 0.4) is 0 Å². The first-order valence-electron chi connectivity index (χ1n) is 7.87. The van der Waals surface area contributed by atoms with Crippen LogP contribution in [0.25, 0.3) is 6.08 Å². The van der Waals surface area contributed by atoms with Gasteiger partial charge in [-0.3, -0.25) is 4.79 Å². The molecule has 1 aromatic carbocycles. The number of hydrogen-bond acceptors (Lipinski definition) is 1. The number of rotatable bonds is 6. The molecule has 0 N–H and O–H groups in total. The van der Waals surface area contributed by atoms with Gasteiger partial charge in [-0.25, -0.2) is 4.39 Å². The Hall–Kier alpha value is -1.70. The van der Waals surface area contributed by atoms with Crippen LogP contribution >= 0.6 is 0 Å². The van der Waals surface area contributed by atoms with E-state index in [1.54, 1.807) is 18.2 Å². The molecule has 1 aromatic rings. The molecule has 21 heavy (non-hydrogen) atoms. The zero-order valence-electron chi connectivity index (χ0n) is 12.6. The summed E-state index contributed by atoms with van der Waals surface area (Å²) in [6.45, 7) is 2.18. The second-order valence-electron chi connectivity index (χ2n) is 5.74. The fourth-order valence-electron chi connectivity index (χ4n) is 2.69. The SMILES string of the molecule is CCCCCC1CCC(C=Cc2ccc(F)cc2)=CC1=O. The third-order valence-electron chi connectivity index (χ3n) is 4.03. The highest BCUT2D eigenvalue weighted by molar-refractivity contribution is 5.93. The lowest BCUT2D eigenvalue weighted by molar-refractivity contribution is -0.119. The van der Waals surface area contributed by atoms with Gasteiger partial charge in [-0.1, -0.05) is 50.5 Å². The van der Waals surface area contributed by atoms with Gasteiger partial charge < -0.3 is 0 Å². The lowest BCUT2D eigenvalue weighted by Crippen LogP contribution is -2.16. The van der Waals surface area contributed by atoms with Gasteiger partial charge in [0.15, 0.2) is 5.78 Å². The standard InChI is InChI=1S/C19H23FO/c1-2-3-4-5-17-11-8-16(14-19(17)21)7-6-15-9-12-18(20)13-10-15/h6-7,9-10,12-14,17H,2-5,8,11H2,1H3. The Labute approximate surface area is 126 Å². The number of halogens is 1. The fraction of sp³-hybridized carbons (Fsp3) is 0.421. The van der Waals surface area contributed by atoms with Crippen LogP contribution in [0.15, 0.2) is 42.0 Å². The van der Waals surface area contributed by atoms with Crippen molar-refractivity contribution in [3.8, 4) is 0 Å². The van der Waals surface area contributed by atoms with E-state index in [0.29, 0.717) is 0 Å². The number of hydrogen-bond donors (Lipinski definition) is 0. The van der Waals surface area contributed by atoms with Crippen molar-refractivity contribution in [2.45, 2.75) is 45.4 Å². The summed E-state index contributed by atoms with van der Waals surface area (Å²) < 4.78 is 12.8. The zero-order chi connectivity index (χ0) is 15.1. The Kier molecular flexibility index (Phi) is 5.91. The van der Waals surface area contributed by atoms with Gasteiger partial charge in [0.2, 0.25) is 0 Å². The van der Waals surface area contributed by atoms with Crippen LogP contribution in [0.1, 0.15) is 51.0 Å². The van der Waals surface area contributed by atoms with Crippen molar-refractivity contribution in [1.82, 2.24) is 0 Å². The minimum absolute atomic E-state index is 0.222. The van der Waals surface area contributed by atoms with Gasteiger partial charge in [-0.15, -0.1) is 0 Å². The second-order valence-corrected chi connectivity index (χ2v) is 5.74. The first-order chi connectivity index (χ1) is 10.2. The molecule has 1 aliphatic rings. The molecule has 0 heterocycles. The van der Waals surface area contributed by atoms with Gasteiger partial charge in [0.05, 0.1) is 0 Å². The summed E-state index contributed by atoms with van der Waals surface area (Å²) in [5.41, 5.74) is 2.03. The number of carbonyl (C=O) groups excluding carboxylic acids is 1. The Balaban J connectivity index is 1.92. The van der Waals surface area contributed by atoms with Crippen LogP contribution in [-0.2, 0) is 4.79 Å². The maximum Gasteiger partial charge on any atom is 0.159 e. The minimum Gasteiger partial charge on any atom is -0.295 e. The van der Waals surface area contributed by atoms with Crippen molar-refractivity contribution < 1.29 is 9.18 Å². The smallest absolute Gasteiger partial charge is 0.159 e. The summed E-state index contributed by atoms with van der Waals surface area (Å²) in [6.07, 6.45) is 12.2. The van der Waals surface area contributed by atoms with E-state index in [9.17, 15) is 9.18 Å². The van der Waals surface area contributed by atoms with Crippen molar-refractivity contribution in [3.05, 3.63) is 53.4 Å². The van der Waals surface area contributed by atoms with Gasteiger partial charge >= 0.3 is 0 Å². The molecule has 2 rings (SSSR count). The maximum atomic E-state index is 12.8. The molecule has 0 saturated heterocycles. The average molecular weight is 286 g/mol. The Morgan fingerprint density at radius 1 is 1.19 bits per heavy atom. The molecule has 1 nitrogen and oxygen atoms in total. The first-order valence-corrected chi connectivity index (χ1v) is 7.87. The topological polar surface area (TPSA) is 17.1 Å². The molecule has 0 amide bonds. The summed E-state index contributed by atoms with van der Waals surface area (Å²) in [7, 11) is 0. The van der Waals surface area contributed by atoms with E-state index in [2.05, 4.69) is 6.92 Å². The summed E-state index contributed by atoms with van der Waals surface area (Å²) in [5.74, 6) is 0.268. The minimum atomic E-state index is -0.228. The highest BCUT2D eigenvalue weighted by atomic mass is 19.1. The second kappa shape index (κ2) is 7.92. The van der Waals surface area contributed by atoms with Crippen molar-refractivity contribution in [1.29, 1.82) is 0 Å². The molecule has 0 saturated carbocycles. The molecular formula is C19H23FO. The third-order valence-corrected chi connectivity index (χ3v) is 4.03. The number of carbonyl (C=O) groups is 1. The van der Waals surface area contributed by atoms with E-state index >= 15 is 0 Å². The van der Waals surface area contributed by atoms with Gasteiger partial charge in [0.1, 0.15) is 5.82 Å². The summed E-state index contributed by atoms with van der Waals surface area (Å²) in [6, 6.07) is 6.38. The van der Waals surface area contributed by atoms with E-state index in [1.165, 1.54) is 25.0 Å². The number of ketones is 1. The van der Waals surface area contributed by atoms with Crippen LogP contribution < -0.4 is 0 Å². The Morgan fingerprint density at radius 2 is 1.95 bits per heavy atom. The number of benzene rings is 1. The van der Waals surface area contributed by atoms with Gasteiger partial charge in [0, 0.05) is 5.92 Å². The van der Waals surface area contributed by atoms with Gasteiger partial charge in [0.25, 0.3) is 0 Å². The molecule has 1 unspecified atom stereocenters. The van der Waals surface area contributed by atoms with Crippen molar-refractivity contribution in [2.75, 3.05) is 0 Å². The van der Waals surface area contributed by atoms with Crippen LogP contribution in [0.4, 0.5) is 4.39 Å². The fourth-order valence-corrected chi connectivity index (χ4v) is 2.69. The molecule has 0 spiro atoms. The van der Waals surface area contributed by atoms with Gasteiger partial charge in [-0.05, 0) is 48.6 Å². The molecule has 0 bridgehead atoms. The van der Waals surface area contributed by atoms with E-state index in [-0.39, 0.29) is 17.5 Å². The molecule has 0 aliphatic heterocycles. The van der Waals surface area contributed by atoms with Crippen molar-refractivity contribution in [3.63, 3.8) is 0 Å². The Bertz CT molecular complexity index is 525. The van der Waals surface area contributed by atoms with Crippen molar-refractivity contribution in [2.24, 2.45) is 5.92 Å². The van der Waals surface area contributed by atoms with Crippen LogP contribution in [0, 0.1) is 11.7 Å². The molecule has 0 aromatic heterocycles. The van der Waals surface area contributed by atoms with E-state index in [0.717, 1.165) is 36.8 Å². The van der Waals surface area contributed by atoms with Crippen molar-refractivity contribution >= 4 is 11.9 Å². The summed E-state index contributed by atoms with van der Waals surface area (Å²) in [5, 5.41) is 0. The zero-order valence-corrected chi connectivity index (χ0v) is 12.6. The maximum absolute atomic E-state index is 12.8. The van der Waals surface area contributed by atoms with Crippen LogP contribution in [-0.4, -0.2) is 5.78 Å². The predicted octanol–water partition coefficient (Wildman–Crippen LogP) is 5.32. The molecule has 0 radical (unpaired) electrons. The molecular weight excluding hydrogens is 263 g/mol. The molecule has 1 atom stereocenters. The molecule has 112 valence electrons. The van der Waals surface area contributed by atoms with Gasteiger partial charge in [-0.2, -0.15) is 0 Å². The van der Waals surface area contributed by atoms with E-state index in [1.807, 2.05) is 12.2 Å². The average Bonchev–Trinajstić information content (AvgIpc) is 2.49. The lowest BCUT2D eigenvalue weighted by Gasteiger charge is -2.19. The van der Waals surface area contributed by atoms with E-state index < -0.39 is 0 Å². The monoisotopic (exact) mass is 286 g/mol. The van der Waals surface area contributed by atoms with Crippen LogP contribution in [0.5, 0.6) is 0 Å². The first kappa shape index (κ1) is 15.7. The lowest BCUT2D eigenvalue weighted by atomic mass is 9.85. The largest absolute Gasteiger partial charge is 0.295 e. The normalized spacial score (nSPS) is 19.0. The summed E-state index contributed by atoms with van der Waals surface area (Å²) >= 11 is 0. The van der Waals surface area contributed by atoms with Crippen LogP contribution in [0.2, 0.25) is 0 Å². The highest BCUT2D eigenvalue weighted by Gasteiger charge is 2.20. The molecule has 1 aliphatic carbocycles. The molecule has 2 heteroatoms. The quantitative estimate of drug-likeness (QED) is 0.646. The Morgan fingerprint density at radius 3 is 2.62 bits per heavy atom. The number of unbranched alkanes of at least 4 members (excludes halogenated alkanes) is 2. The highest BCUT2D eigenvalue weighted by Crippen LogP contribution is 2.26. The number of allylic oxidation sites excluding steroid dienone is 3. The third kappa shape index (κ3) is 4.96. The predicted molar refractivity (Wildman–Crippen MR) is 85.4 cm³/mol. The van der Waals surface area contributed by atoms with E-state index in [4.69, 9.17) is 0 Å².